The fourth-order valence-electron chi connectivity index (χ4n) is 3.08. The Balaban J connectivity index is 0.000000370. The molecule has 8 nitrogen and oxygen atoms in total. The normalized spacial score (nSPS) is 19.1. The first-order valence-corrected chi connectivity index (χ1v) is 9.47. The van der Waals surface area contributed by atoms with Gasteiger partial charge in [0.25, 0.3) is 0 Å². The van der Waals surface area contributed by atoms with Crippen LogP contribution in [0.25, 0.3) is 0 Å². The van der Waals surface area contributed by atoms with E-state index in [1.54, 1.807) is 7.11 Å². The van der Waals surface area contributed by atoms with Gasteiger partial charge in [0, 0.05) is 39.5 Å². The number of rotatable bonds is 7. The minimum Gasteiger partial charge on any atom is -0.475 e. The van der Waals surface area contributed by atoms with E-state index in [2.05, 4.69) is 21.7 Å². The molecule has 0 bridgehead atoms. The number of hydrogen-bond donors (Lipinski definition) is 2. The van der Waals surface area contributed by atoms with Crippen LogP contribution in [0.5, 0.6) is 0 Å². The number of hydrogen-bond acceptors (Lipinski definition) is 5. The number of methoxy groups -OCH3 is 1. The fourth-order valence-corrected chi connectivity index (χ4v) is 3.08. The maximum absolute atomic E-state index is 11.9. The van der Waals surface area contributed by atoms with Crippen LogP contribution in [-0.2, 0) is 27.3 Å². The van der Waals surface area contributed by atoms with Crippen LogP contribution in [0, 0.1) is 5.92 Å². The number of imidazole rings is 1. The van der Waals surface area contributed by atoms with E-state index in [0.29, 0.717) is 25.6 Å². The summed E-state index contributed by atoms with van der Waals surface area (Å²) in [5.74, 6) is -0.746. The molecule has 2 N–H and O–H groups in total. The molecule has 0 radical (unpaired) electrons. The number of aliphatic carboxylic acids is 1. The van der Waals surface area contributed by atoms with Crippen LogP contribution in [0.2, 0.25) is 0 Å². The summed E-state index contributed by atoms with van der Waals surface area (Å²) in [6.45, 7) is 6.57. The number of nitrogens with one attached hydrogen (secondary N) is 1. The smallest absolute Gasteiger partial charge is 0.475 e. The van der Waals surface area contributed by atoms with Crippen molar-refractivity contribution in [3.63, 3.8) is 0 Å². The number of halogens is 3. The third kappa shape index (κ3) is 7.32. The molecule has 0 aromatic carbocycles. The van der Waals surface area contributed by atoms with Crippen LogP contribution in [0.4, 0.5) is 13.2 Å². The summed E-state index contributed by atoms with van der Waals surface area (Å²) in [5.41, 5.74) is 0.866. The first kappa shape index (κ1) is 23.1. The molecule has 2 aliphatic rings. The highest BCUT2D eigenvalue weighted by Gasteiger charge is 2.38. The summed E-state index contributed by atoms with van der Waals surface area (Å²) in [6, 6.07) is 0.347. The SMILES string of the molecule is COCCNC(=O)Cc1cn2c(n1)C(C)N(CC1CC1)CC2.O=C(O)C(F)(F)F. The quantitative estimate of drug-likeness (QED) is 0.651. The van der Waals surface area contributed by atoms with E-state index in [-0.39, 0.29) is 5.91 Å². The van der Waals surface area contributed by atoms with Crippen molar-refractivity contribution in [2.24, 2.45) is 5.92 Å². The van der Waals surface area contributed by atoms with E-state index in [9.17, 15) is 18.0 Å². The lowest BCUT2D eigenvalue weighted by atomic mass is 10.2. The molecule has 0 spiro atoms. The van der Waals surface area contributed by atoms with Crippen molar-refractivity contribution in [1.82, 2.24) is 19.8 Å². The topological polar surface area (TPSA) is 96.7 Å². The number of aromatic nitrogens is 2. The number of carbonyl (C=O) groups excluding carboxylic acids is 1. The third-order valence-corrected chi connectivity index (χ3v) is 4.81. The number of carboxylic acids is 1. The molecule has 3 rings (SSSR count). The number of nitrogens with zero attached hydrogens (tertiary/aromatic N) is 3. The summed E-state index contributed by atoms with van der Waals surface area (Å²) in [4.78, 5) is 28.0. The summed E-state index contributed by atoms with van der Waals surface area (Å²) in [7, 11) is 1.63. The van der Waals surface area contributed by atoms with Crippen molar-refractivity contribution < 1.29 is 32.6 Å². The Labute approximate surface area is 167 Å². The van der Waals surface area contributed by atoms with Crippen LogP contribution in [0.3, 0.4) is 0 Å². The van der Waals surface area contributed by atoms with Gasteiger partial charge in [-0.15, -0.1) is 0 Å². The van der Waals surface area contributed by atoms with Crippen molar-refractivity contribution in [2.45, 2.75) is 44.9 Å². The van der Waals surface area contributed by atoms with Gasteiger partial charge in [-0.3, -0.25) is 9.69 Å². The van der Waals surface area contributed by atoms with E-state index in [1.807, 2.05) is 6.20 Å². The molecule has 29 heavy (non-hydrogen) atoms. The predicted molar refractivity (Wildman–Crippen MR) is 97.2 cm³/mol. The van der Waals surface area contributed by atoms with Crippen LogP contribution in [0.1, 0.15) is 37.3 Å². The molecule has 2 heterocycles. The van der Waals surface area contributed by atoms with E-state index >= 15 is 0 Å². The standard InChI is InChI=1S/C16H26N4O2.C2HF3O2/c1-12-16-18-14(9-15(21)17-5-8-22-2)11-20(16)7-6-19(12)10-13-3-4-13;3-2(4,5)1(6)7/h11-13H,3-10H2,1-2H3,(H,17,21);(H,6,7). The van der Waals surface area contributed by atoms with Crippen molar-refractivity contribution in [3.8, 4) is 0 Å². The van der Waals surface area contributed by atoms with Gasteiger partial charge in [0.05, 0.1) is 24.8 Å². The largest absolute Gasteiger partial charge is 0.490 e. The minimum atomic E-state index is -5.08. The highest BCUT2D eigenvalue weighted by molar-refractivity contribution is 5.78. The second kappa shape index (κ2) is 10.1. The molecule has 1 saturated carbocycles. The zero-order valence-corrected chi connectivity index (χ0v) is 16.5. The lowest BCUT2D eigenvalue weighted by Gasteiger charge is -2.33. The number of carbonyl (C=O) groups is 2. The highest BCUT2D eigenvalue weighted by atomic mass is 19.4. The Morgan fingerprint density at radius 3 is 2.55 bits per heavy atom. The number of amides is 1. The van der Waals surface area contributed by atoms with Crippen molar-refractivity contribution >= 4 is 11.9 Å². The number of ether oxygens (including phenoxy) is 1. The molecule has 1 aromatic heterocycles. The summed E-state index contributed by atoms with van der Waals surface area (Å²) < 4.78 is 38.9. The molecule has 1 atom stereocenters. The zero-order valence-electron chi connectivity index (χ0n) is 16.5. The number of alkyl halides is 3. The van der Waals surface area contributed by atoms with Crippen LogP contribution in [0.15, 0.2) is 6.20 Å². The van der Waals surface area contributed by atoms with E-state index in [4.69, 9.17) is 19.6 Å². The van der Waals surface area contributed by atoms with E-state index < -0.39 is 12.1 Å². The van der Waals surface area contributed by atoms with Gasteiger partial charge in [0.2, 0.25) is 5.91 Å². The third-order valence-electron chi connectivity index (χ3n) is 4.81. The second-order valence-corrected chi connectivity index (χ2v) is 7.22. The van der Waals surface area contributed by atoms with Gasteiger partial charge >= 0.3 is 12.1 Å². The van der Waals surface area contributed by atoms with Gasteiger partial charge < -0.3 is 19.7 Å². The number of carboxylic acid groups (broad SMARTS) is 1. The maximum Gasteiger partial charge on any atom is 0.490 e. The summed E-state index contributed by atoms with van der Waals surface area (Å²) in [5, 5.41) is 9.97. The first-order valence-electron chi connectivity index (χ1n) is 9.47. The fraction of sp³-hybridized carbons (Fsp3) is 0.722. The molecule has 0 saturated heterocycles. The van der Waals surface area contributed by atoms with Crippen molar-refractivity contribution in [1.29, 1.82) is 0 Å². The van der Waals surface area contributed by atoms with Gasteiger partial charge in [0.15, 0.2) is 0 Å². The molecule has 1 aromatic rings. The van der Waals surface area contributed by atoms with Crippen molar-refractivity contribution in [3.05, 3.63) is 17.7 Å². The summed E-state index contributed by atoms with van der Waals surface area (Å²) in [6.07, 6.45) is 0.0599. The molecular weight excluding hydrogens is 393 g/mol. The first-order chi connectivity index (χ1) is 13.6. The van der Waals surface area contributed by atoms with Crippen molar-refractivity contribution in [2.75, 3.05) is 33.4 Å². The van der Waals surface area contributed by atoms with Crippen LogP contribution < -0.4 is 5.32 Å². The van der Waals surface area contributed by atoms with Gasteiger partial charge in [-0.2, -0.15) is 13.2 Å². The van der Waals surface area contributed by atoms with Gasteiger partial charge in [-0.25, -0.2) is 9.78 Å². The van der Waals surface area contributed by atoms with Gasteiger partial charge in [-0.05, 0) is 25.7 Å². The zero-order chi connectivity index (χ0) is 21.6. The molecule has 1 fully saturated rings. The maximum atomic E-state index is 11.9. The van der Waals surface area contributed by atoms with E-state index in [1.165, 1.54) is 19.4 Å². The molecule has 164 valence electrons. The molecule has 1 unspecified atom stereocenters. The Morgan fingerprint density at radius 1 is 1.34 bits per heavy atom. The Bertz CT molecular complexity index is 704. The van der Waals surface area contributed by atoms with Crippen LogP contribution >= 0.6 is 0 Å². The average Bonchev–Trinajstić information content (AvgIpc) is 3.35. The Hall–Kier alpha value is -2.14. The Kier molecular flexibility index (Phi) is 8.03. The lowest BCUT2D eigenvalue weighted by molar-refractivity contribution is -0.192. The second-order valence-electron chi connectivity index (χ2n) is 7.22. The van der Waals surface area contributed by atoms with Crippen LogP contribution in [-0.4, -0.2) is 71.0 Å². The molecule has 11 heteroatoms. The summed E-state index contributed by atoms with van der Waals surface area (Å²) >= 11 is 0. The predicted octanol–water partition coefficient (Wildman–Crippen LogP) is 1.61. The monoisotopic (exact) mass is 420 g/mol. The molecule has 1 aliphatic carbocycles. The van der Waals surface area contributed by atoms with E-state index in [0.717, 1.165) is 30.5 Å². The van der Waals surface area contributed by atoms with Gasteiger partial charge in [-0.1, -0.05) is 0 Å². The molecule has 1 aliphatic heterocycles. The average molecular weight is 420 g/mol. The highest BCUT2D eigenvalue weighted by Crippen LogP contribution is 2.33. The Morgan fingerprint density at radius 2 is 2.00 bits per heavy atom. The molecule has 1 amide bonds. The minimum absolute atomic E-state index is 0.00925. The lowest BCUT2D eigenvalue weighted by Crippen LogP contribution is -2.38. The number of fused-ring (bicyclic) bond motifs is 1. The van der Waals surface area contributed by atoms with Gasteiger partial charge in [0.1, 0.15) is 5.82 Å². The molecular formula is C18H27F3N4O4.